The molecule has 0 saturated carbocycles. The van der Waals surface area contributed by atoms with Crippen LogP contribution in [0.1, 0.15) is 30.4 Å². The first-order valence-corrected chi connectivity index (χ1v) is 7.30. The van der Waals surface area contributed by atoms with Gasteiger partial charge in [-0.2, -0.15) is 11.8 Å². The smallest absolute Gasteiger partial charge is 0.194 e. The third-order valence-electron chi connectivity index (χ3n) is 3.52. The van der Waals surface area contributed by atoms with E-state index < -0.39 is 0 Å². The van der Waals surface area contributed by atoms with Crippen LogP contribution in [-0.2, 0) is 6.42 Å². The number of hydrogen-bond acceptors (Lipinski definition) is 4. The minimum Gasteiger partial charge on any atom is -0.445 e. The summed E-state index contributed by atoms with van der Waals surface area (Å²) in [6.45, 7) is 2.25. The molecule has 3 rings (SSSR count). The highest BCUT2D eigenvalue weighted by molar-refractivity contribution is 7.99. The number of oxazole rings is 1. The summed E-state index contributed by atoms with van der Waals surface area (Å²) in [5, 5.41) is 3.28. The summed E-state index contributed by atoms with van der Waals surface area (Å²) in [7, 11) is 0. The molecule has 4 heteroatoms. The average Bonchev–Trinajstić information content (AvgIpc) is 2.73. The SMILES string of the molecule is c1nc(CC2CNC2)oc1C1CCSCC1. The Bertz CT molecular complexity index is 343. The summed E-state index contributed by atoms with van der Waals surface area (Å²) in [4.78, 5) is 4.41. The van der Waals surface area contributed by atoms with Gasteiger partial charge in [-0.3, -0.25) is 0 Å². The van der Waals surface area contributed by atoms with Crippen molar-refractivity contribution in [3.05, 3.63) is 17.8 Å². The first-order valence-electron chi connectivity index (χ1n) is 6.15. The summed E-state index contributed by atoms with van der Waals surface area (Å²) < 4.78 is 5.88. The third kappa shape index (κ3) is 2.28. The highest BCUT2D eigenvalue weighted by Crippen LogP contribution is 2.32. The van der Waals surface area contributed by atoms with Crippen LogP contribution in [0.2, 0.25) is 0 Å². The Morgan fingerprint density at radius 2 is 2.19 bits per heavy atom. The van der Waals surface area contributed by atoms with Crippen molar-refractivity contribution in [1.82, 2.24) is 10.3 Å². The summed E-state index contributed by atoms with van der Waals surface area (Å²) in [6.07, 6.45) is 5.48. The van der Waals surface area contributed by atoms with Crippen LogP contribution in [0.5, 0.6) is 0 Å². The van der Waals surface area contributed by atoms with Gasteiger partial charge in [-0.1, -0.05) is 0 Å². The van der Waals surface area contributed by atoms with Crippen LogP contribution < -0.4 is 5.32 Å². The topological polar surface area (TPSA) is 38.1 Å². The molecule has 2 aliphatic heterocycles. The van der Waals surface area contributed by atoms with E-state index in [0.717, 1.165) is 37.1 Å². The molecule has 3 nitrogen and oxygen atoms in total. The van der Waals surface area contributed by atoms with Gasteiger partial charge in [0.1, 0.15) is 5.76 Å². The van der Waals surface area contributed by atoms with Crippen molar-refractivity contribution in [2.24, 2.45) is 5.92 Å². The molecule has 0 radical (unpaired) electrons. The van der Waals surface area contributed by atoms with Gasteiger partial charge < -0.3 is 9.73 Å². The van der Waals surface area contributed by atoms with Crippen LogP contribution in [0.25, 0.3) is 0 Å². The van der Waals surface area contributed by atoms with Crippen LogP contribution in [0, 0.1) is 5.92 Å². The molecule has 0 aliphatic carbocycles. The quantitative estimate of drug-likeness (QED) is 0.874. The van der Waals surface area contributed by atoms with Gasteiger partial charge in [0, 0.05) is 12.3 Å². The fourth-order valence-corrected chi connectivity index (χ4v) is 3.44. The van der Waals surface area contributed by atoms with E-state index in [2.05, 4.69) is 22.1 Å². The molecule has 0 unspecified atom stereocenters. The van der Waals surface area contributed by atoms with E-state index in [4.69, 9.17) is 4.42 Å². The minimum absolute atomic E-state index is 0.627. The average molecular weight is 238 g/mol. The van der Waals surface area contributed by atoms with Crippen molar-refractivity contribution in [1.29, 1.82) is 0 Å². The van der Waals surface area contributed by atoms with Crippen LogP contribution in [-0.4, -0.2) is 29.6 Å². The molecule has 0 aromatic carbocycles. The number of thioether (sulfide) groups is 1. The molecule has 0 amide bonds. The molecule has 1 N–H and O–H groups in total. The molecular weight excluding hydrogens is 220 g/mol. The highest BCUT2D eigenvalue weighted by atomic mass is 32.2. The Morgan fingerprint density at radius 3 is 2.88 bits per heavy atom. The maximum Gasteiger partial charge on any atom is 0.194 e. The number of hydrogen-bond donors (Lipinski definition) is 1. The van der Waals surface area contributed by atoms with Gasteiger partial charge in [-0.25, -0.2) is 4.98 Å². The fraction of sp³-hybridized carbons (Fsp3) is 0.750. The van der Waals surface area contributed by atoms with E-state index in [0.29, 0.717) is 5.92 Å². The Kier molecular flexibility index (Phi) is 3.20. The third-order valence-corrected chi connectivity index (χ3v) is 4.57. The number of nitrogens with one attached hydrogen (secondary N) is 1. The largest absolute Gasteiger partial charge is 0.445 e. The molecule has 0 atom stereocenters. The van der Waals surface area contributed by atoms with Gasteiger partial charge in [0.05, 0.1) is 6.20 Å². The van der Waals surface area contributed by atoms with Crippen molar-refractivity contribution >= 4 is 11.8 Å². The van der Waals surface area contributed by atoms with Gasteiger partial charge in [0.15, 0.2) is 5.89 Å². The van der Waals surface area contributed by atoms with Crippen molar-refractivity contribution in [3.8, 4) is 0 Å². The lowest BCUT2D eigenvalue weighted by molar-refractivity contribution is 0.309. The molecule has 16 heavy (non-hydrogen) atoms. The second-order valence-corrected chi connectivity index (χ2v) is 6.00. The molecule has 88 valence electrons. The monoisotopic (exact) mass is 238 g/mol. The number of nitrogens with zero attached hydrogens (tertiary/aromatic N) is 1. The van der Waals surface area contributed by atoms with Gasteiger partial charge in [-0.05, 0) is 43.4 Å². The van der Waals surface area contributed by atoms with Crippen LogP contribution in [0.4, 0.5) is 0 Å². The second-order valence-electron chi connectivity index (χ2n) is 4.77. The Morgan fingerprint density at radius 1 is 1.38 bits per heavy atom. The molecule has 1 aromatic heterocycles. The maximum atomic E-state index is 5.88. The van der Waals surface area contributed by atoms with Crippen molar-refractivity contribution in [3.63, 3.8) is 0 Å². The van der Waals surface area contributed by atoms with Crippen LogP contribution in [0.3, 0.4) is 0 Å². The molecule has 3 heterocycles. The van der Waals surface area contributed by atoms with Crippen LogP contribution >= 0.6 is 11.8 Å². The van der Waals surface area contributed by atoms with E-state index >= 15 is 0 Å². The van der Waals surface area contributed by atoms with Crippen LogP contribution in [0.15, 0.2) is 10.6 Å². The molecule has 2 fully saturated rings. The first-order chi connectivity index (χ1) is 7.92. The zero-order valence-electron chi connectivity index (χ0n) is 9.45. The Hall–Kier alpha value is -0.480. The van der Waals surface area contributed by atoms with Gasteiger partial charge in [0.25, 0.3) is 0 Å². The molecule has 0 bridgehead atoms. The Balaban J connectivity index is 1.61. The lowest BCUT2D eigenvalue weighted by atomic mass is 10.00. The molecule has 0 spiro atoms. The van der Waals surface area contributed by atoms with E-state index in [1.165, 1.54) is 24.3 Å². The maximum absolute atomic E-state index is 5.88. The molecular formula is C12H18N2OS. The van der Waals surface area contributed by atoms with Gasteiger partial charge >= 0.3 is 0 Å². The number of aromatic nitrogens is 1. The molecule has 1 aromatic rings. The first kappa shape index (κ1) is 10.7. The lowest BCUT2D eigenvalue weighted by Gasteiger charge is -2.25. The van der Waals surface area contributed by atoms with Gasteiger partial charge in [0.2, 0.25) is 0 Å². The van der Waals surface area contributed by atoms with E-state index in [1.54, 1.807) is 0 Å². The summed E-state index contributed by atoms with van der Waals surface area (Å²) in [6, 6.07) is 0. The standard InChI is InChI=1S/C12H18N2OS/c1-3-16-4-2-10(1)11-8-14-12(15-11)5-9-6-13-7-9/h8-10,13H,1-7H2. The summed E-state index contributed by atoms with van der Waals surface area (Å²) >= 11 is 2.05. The van der Waals surface area contributed by atoms with E-state index in [1.807, 2.05) is 6.20 Å². The predicted octanol–water partition coefficient (Wildman–Crippen LogP) is 2.05. The Labute approximate surface area is 100 Å². The fourth-order valence-electron chi connectivity index (χ4n) is 2.33. The lowest BCUT2D eigenvalue weighted by Crippen LogP contribution is -2.43. The van der Waals surface area contributed by atoms with Gasteiger partial charge in [-0.15, -0.1) is 0 Å². The zero-order valence-corrected chi connectivity index (χ0v) is 10.3. The summed E-state index contributed by atoms with van der Waals surface area (Å²) in [5.74, 6) is 5.98. The van der Waals surface area contributed by atoms with E-state index in [9.17, 15) is 0 Å². The molecule has 2 aliphatic rings. The number of rotatable bonds is 3. The zero-order chi connectivity index (χ0) is 10.8. The highest BCUT2D eigenvalue weighted by Gasteiger charge is 2.22. The molecule has 2 saturated heterocycles. The van der Waals surface area contributed by atoms with Crippen molar-refractivity contribution in [2.75, 3.05) is 24.6 Å². The second kappa shape index (κ2) is 4.80. The normalized spacial score (nSPS) is 23.2. The summed E-state index contributed by atoms with van der Waals surface area (Å²) in [5.41, 5.74) is 0. The minimum atomic E-state index is 0.627. The van der Waals surface area contributed by atoms with E-state index in [-0.39, 0.29) is 0 Å². The predicted molar refractivity (Wildman–Crippen MR) is 65.9 cm³/mol. The van der Waals surface area contributed by atoms with Crippen molar-refractivity contribution < 1.29 is 4.42 Å². The van der Waals surface area contributed by atoms with Crippen molar-refractivity contribution in [2.45, 2.75) is 25.2 Å².